The summed E-state index contributed by atoms with van der Waals surface area (Å²) in [4.78, 5) is 64.0. The van der Waals surface area contributed by atoms with Crippen LogP contribution in [-0.2, 0) is 30.4 Å². The first-order valence-electron chi connectivity index (χ1n) is 13.6. The number of aliphatic carboxylic acids is 1. The number of aromatic amines is 1. The van der Waals surface area contributed by atoms with Crippen molar-refractivity contribution in [1.29, 1.82) is 0 Å². The molecular weight excluding hydrogens is 570 g/mol. The van der Waals surface area contributed by atoms with Crippen molar-refractivity contribution in [1.82, 2.24) is 20.3 Å². The zero-order chi connectivity index (χ0) is 31.4. The number of anilines is 1. The molecule has 0 fully saturated rings. The molecule has 0 saturated carbocycles. The van der Waals surface area contributed by atoms with Gasteiger partial charge in [0.25, 0.3) is 0 Å². The topological polar surface area (TPSA) is 154 Å². The Labute approximate surface area is 253 Å². The summed E-state index contributed by atoms with van der Waals surface area (Å²) in [6, 6.07) is 15.3. The molecule has 0 spiro atoms. The summed E-state index contributed by atoms with van der Waals surface area (Å²) >= 11 is 1.53. The fourth-order valence-electron chi connectivity index (χ4n) is 4.45. The van der Waals surface area contributed by atoms with E-state index in [-0.39, 0.29) is 18.1 Å². The van der Waals surface area contributed by atoms with Crippen molar-refractivity contribution < 1.29 is 29.1 Å². The standard InChI is InChI=1S/C31H35N5O6S/c1-30(2,3)42-36(18-37)31(4,5)29(41)33-22(15-20-17-43-23-14-10-9-13-21(20)23)27(38)35-24-16-32-26(34-24)25(28(39)40)19-11-7-6-8-12-19/h6-14,16-18,22,25H,15H2,1-5H3,(H,32,34)(H,33,41)(H,35,38)(H,39,40)/t22-,25?/m1/s1. The van der Waals surface area contributed by atoms with Crippen LogP contribution in [-0.4, -0.2) is 61.5 Å². The number of benzene rings is 2. The zero-order valence-electron chi connectivity index (χ0n) is 24.6. The molecule has 0 aliphatic rings. The van der Waals surface area contributed by atoms with Gasteiger partial charge in [0.1, 0.15) is 29.1 Å². The number of carbonyl (C=O) groups is 4. The highest BCUT2D eigenvalue weighted by molar-refractivity contribution is 7.17. The van der Waals surface area contributed by atoms with Crippen molar-refractivity contribution in [2.24, 2.45) is 0 Å². The largest absolute Gasteiger partial charge is 0.480 e. The third-order valence-corrected chi connectivity index (χ3v) is 7.70. The number of nitrogens with zero attached hydrogens (tertiary/aromatic N) is 2. The zero-order valence-corrected chi connectivity index (χ0v) is 25.4. The Bertz CT molecular complexity index is 1610. The third kappa shape index (κ3) is 7.46. The van der Waals surface area contributed by atoms with E-state index in [0.29, 0.717) is 12.0 Å². The minimum Gasteiger partial charge on any atom is -0.480 e. The fourth-order valence-corrected chi connectivity index (χ4v) is 5.42. The second-order valence-corrected chi connectivity index (χ2v) is 12.4. The van der Waals surface area contributed by atoms with Gasteiger partial charge in [-0.05, 0) is 62.6 Å². The molecular formula is C31H35N5O6S. The lowest BCUT2D eigenvalue weighted by Gasteiger charge is -2.37. The summed E-state index contributed by atoms with van der Waals surface area (Å²) in [5, 5.41) is 19.2. The number of hydrogen-bond donors (Lipinski definition) is 4. The Hall–Kier alpha value is -4.55. The first kappa shape index (κ1) is 31.4. The summed E-state index contributed by atoms with van der Waals surface area (Å²) in [5.74, 6) is -3.04. The first-order chi connectivity index (χ1) is 20.3. The van der Waals surface area contributed by atoms with Crippen LogP contribution in [0.25, 0.3) is 10.1 Å². The van der Waals surface area contributed by atoms with Crippen LogP contribution in [0.4, 0.5) is 5.82 Å². The van der Waals surface area contributed by atoms with Crippen LogP contribution in [0.15, 0.2) is 66.2 Å². The lowest BCUT2D eigenvalue weighted by molar-refractivity contribution is -0.247. The maximum atomic E-state index is 13.7. The molecule has 2 atom stereocenters. The maximum absolute atomic E-state index is 13.7. The number of carboxylic acids is 1. The molecule has 226 valence electrons. The molecule has 3 amide bonds. The number of thiophene rings is 1. The Morgan fingerprint density at radius 2 is 1.74 bits per heavy atom. The molecule has 43 heavy (non-hydrogen) atoms. The summed E-state index contributed by atoms with van der Waals surface area (Å²) in [7, 11) is 0. The van der Waals surface area contributed by atoms with E-state index >= 15 is 0 Å². The molecule has 12 heteroatoms. The van der Waals surface area contributed by atoms with Crippen molar-refractivity contribution in [2.75, 3.05) is 5.32 Å². The monoisotopic (exact) mass is 605 g/mol. The molecule has 1 unspecified atom stereocenters. The van der Waals surface area contributed by atoms with Crippen molar-refractivity contribution in [3.8, 4) is 0 Å². The molecule has 2 aromatic carbocycles. The lowest BCUT2D eigenvalue weighted by atomic mass is 9.99. The second kappa shape index (κ2) is 12.8. The highest BCUT2D eigenvalue weighted by Gasteiger charge is 2.39. The summed E-state index contributed by atoms with van der Waals surface area (Å²) < 4.78 is 1.04. The molecule has 0 bridgehead atoms. The maximum Gasteiger partial charge on any atom is 0.318 e. The number of nitrogens with one attached hydrogen (secondary N) is 3. The summed E-state index contributed by atoms with van der Waals surface area (Å²) in [6.45, 7) is 8.30. The number of fused-ring (bicyclic) bond motifs is 1. The van der Waals surface area contributed by atoms with Gasteiger partial charge in [-0.1, -0.05) is 48.5 Å². The van der Waals surface area contributed by atoms with Crippen LogP contribution < -0.4 is 10.6 Å². The Balaban J connectivity index is 1.60. The lowest BCUT2D eigenvalue weighted by Crippen LogP contribution is -2.59. The number of hydrogen-bond acceptors (Lipinski definition) is 7. The average molecular weight is 606 g/mol. The van der Waals surface area contributed by atoms with Gasteiger partial charge in [0.05, 0.1) is 11.8 Å². The van der Waals surface area contributed by atoms with Gasteiger partial charge in [-0.15, -0.1) is 11.3 Å². The summed E-state index contributed by atoms with van der Waals surface area (Å²) in [6.07, 6.45) is 1.92. The molecule has 11 nitrogen and oxygen atoms in total. The molecule has 2 heterocycles. The average Bonchev–Trinajstić information content (AvgIpc) is 3.58. The van der Waals surface area contributed by atoms with E-state index in [1.165, 1.54) is 31.4 Å². The quantitative estimate of drug-likeness (QED) is 0.137. The van der Waals surface area contributed by atoms with E-state index in [1.807, 2.05) is 29.6 Å². The van der Waals surface area contributed by atoms with Crippen LogP contribution >= 0.6 is 11.3 Å². The Kier molecular flexibility index (Phi) is 9.31. The van der Waals surface area contributed by atoms with Gasteiger partial charge in [-0.2, -0.15) is 0 Å². The van der Waals surface area contributed by atoms with Crippen LogP contribution in [0.5, 0.6) is 0 Å². The number of amides is 3. The van der Waals surface area contributed by atoms with Gasteiger partial charge < -0.3 is 20.7 Å². The van der Waals surface area contributed by atoms with Crippen molar-refractivity contribution in [3.63, 3.8) is 0 Å². The molecule has 0 aliphatic heterocycles. The minimum absolute atomic E-state index is 0.139. The number of carbonyl (C=O) groups excluding carboxylic acids is 3. The normalized spacial score (nSPS) is 13.2. The van der Waals surface area contributed by atoms with E-state index in [9.17, 15) is 24.3 Å². The smallest absolute Gasteiger partial charge is 0.318 e. The van der Waals surface area contributed by atoms with Gasteiger partial charge in [0.15, 0.2) is 0 Å². The molecule has 4 rings (SSSR count). The van der Waals surface area contributed by atoms with Crippen molar-refractivity contribution in [2.45, 2.75) is 64.1 Å². The van der Waals surface area contributed by atoms with Gasteiger partial charge in [-0.3, -0.25) is 24.0 Å². The molecule has 4 N–H and O–H groups in total. The SMILES string of the molecule is CC(C)(C)ON(C=O)C(C)(C)C(=O)N[C@H](Cc1csc2ccccc12)C(=O)Nc1cnc(C(C(=O)O)c2ccccc2)[nH]1. The first-order valence-corrected chi connectivity index (χ1v) is 14.5. The Morgan fingerprint density at radius 3 is 2.40 bits per heavy atom. The molecule has 0 saturated heterocycles. The second-order valence-electron chi connectivity index (χ2n) is 11.5. The van der Waals surface area contributed by atoms with Gasteiger partial charge in [-0.25, -0.2) is 10.0 Å². The Morgan fingerprint density at radius 1 is 1.07 bits per heavy atom. The predicted molar refractivity (Wildman–Crippen MR) is 163 cm³/mol. The molecule has 0 aliphatic carbocycles. The highest BCUT2D eigenvalue weighted by Crippen LogP contribution is 2.28. The van der Waals surface area contributed by atoms with Gasteiger partial charge in [0, 0.05) is 11.1 Å². The number of rotatable bonds is 12. The van der Waals surface area contributed by atoms with Crippen molar-refractivity contribution >= 4 is 51.4 Å². The highest BCUT2D eigenvalue weighted by atomic mass is 32.1. The summed E-state index contributed by atoms with van der Waals surface area (Å²) in [5.41, 5.74) is -0.833. The predicted octanol–water partition coefficient (Wildman–Crippen LogP) is 4.47. The van der Waals surface area contributed by atoms with E-state index in [2.05, 4.69) is 20.6 Å². The number of hydroxylamine groups is 2. The number of aromatic nitrogens is 2. The van der Waals surface area contributed by atoms with E-state index in [0.717, 1.165) is 20.7 Å². The molecule has 4 aromatic rings. The van der Waals surface area contributed by atoms with Gasteiger partial charge in [0.2, 0.25) is 18.2 Å². The van der Waals surface area contributed by atoms with E-state index in [1.54, 1.807) is 51.1 Å². The number of imidazole rings is 1. The molecule has 2 aromatic heterocycles. The number of carboxylic acid groups (broad SMARTS) is 1. The fraction of sp³-hybridized carbons (Fsp3) is 0.323. The van der Waals surface area contributed by atoms with E-state index in [4.69, 9.17) is 4.84 Å². The van der Waals surface area contributed by atoms with Crippen molar-refractivity contribution in [3.05, 3.63) is 83.1 Å². The van der Waals surface area contributed by atoms with Crippen LogP contribution in [0.1, 0.15) is 57.5 Å². The van der Waals surface area contributed by atoms with Crippen LogP contribution in [0.2, 0.25) is 0 Å². The number of H-pyrrole nitrogens is 1. The van der Waals surface area contributed by atoms with Crippen LogP contribution in [0, 0.1) is 0 Å². The van der Waals surface area contributed by atoms with Gasteiger partial charge >= 0.3 is 5.97 Å². The minimum atomic E-state index is -1.46. The third-order valence-electron chi connectivity index (χ3n) is 6.69. The molecule has 0 radical (unpaired) electrons. The van der Waals surface area contributed by atoms with Crippen LogP contribution in [0.3, 0.4) is 0 Å². The van der Waals surface area contributed by atoms with E-state index < -0.39 is 40.9 Å².